The molecule has 23 heteroatoms. The molecular formula is C52H75N5O16S2. The van der Waals surface area contributed by atoms with Crippen LogP contribution in [0, 0.1) is 27.1 Å². The summed E-state index contributed by atoms with van der Waals surface area (Å²) >= 11 is 2.36. The van der Waals surface area contributed by atoms with Gasteiger partial charge in [-0.25, -0.2) is 14.4 Å². The minimum absolute atomic E-state index is 0.00561. The summed E-state index contributed by atoms with van der Waals surface area (Å²) in [6.45, 7) is 14.2. The number of hydrogen-bond donors (Lipinski definition) is 4. The van der Waals surface area contributed by atoms with Crippen molar-refractivity contribution in [3.8, 4) is 0 Å². The van der Waals surface area contributed by atoms with Crippen molar-refractivity contribution in [1.82, 2.24) is 5.06 Å². The summed E-state index contributed by atoms with van der Waals surface area (Å²) in [4.78, 5) is 99.3. The van der Waals surface area contributed by atoms with Crippen LogP contribution in [0.25, 0.3) is 0 Å². The van der Waals surface area contributed by atoms with Gasteiger partial charge in [0, 0.05) is 24.3 Å². The molecule has 1 fully saturated rings. The van der Waals surface area contributed by atoms with Crippen LogP contribution in [0.2, 0.25) is 0 Å². The van der Waals surface area contributed by atoms with Crippen molar-refractivity contribution in [2.24, 2.45) is 27.7 Å². The lowest BCUT2D eigenvalue weighted by Gasteiger charge is -2.35. The van der Waals surface area contributed by atoms with Crippen LogP contribution >= 0.6 is 23.5 Å². The van der Waals surface area contributed by atoms with E-state index in [2.05, 4.69) is 0 Å². The van der Waals surface area contributed by atoms with Crippen molar-refractivity contribution in [2.45, 2.75) is 144 Å². The fourth-order valence-corrected chi connectivity index (χ4v) is 7.18. The van der Waals surface area contributed by atoms with Crippen molar-refractivity contribution in [3.63, 3.8) is 0 Å². The molecule has 1 saturated heterocycles. The van der Waals surface area contributed by atoms with Crippen LogP contribution in [0.1, 0.15) is 118 Å². The second kappa shape index (κ2) is 28.5. The quantitative estimate of drug-likeness (QED) is 0.0213. The molecule has 21 nitrogen and oxygen atoms in total. The van der Waals surface area contributed by atoms with Crippen molar-refractivity contribution in [2.75, 3.05) is 39.6 Å². The molecule has 2 amide bonds. The number of thioether (sulfide) groups is 2. The van der Waals surface area contributed by atoms with Gasteiger partial charge in [-0.3, -0.25) is 30.0 Å². The molecule has 2 aromatic carbocycles. The minimum Gasteiger partial charge on any atom is -0.462 e. The van der Waals surface area contributed by atoms with Crippen molar-refractivity contribution >= 4 is 75.5 Å². The van der Waals surface area contributed by atoms with Gasteiger partial charge in [0.15, 0.2) is 21.5 Å². The summed E-state index contributed by atoms with van der Waals surface area (Å²) in [7, 11) is 0. The van der Waals surface area contributed by atoms with Crippen LogP contribution in [0.15, 0.2) is 48.5 Å². The molecule has 1 aliphatic heterocycles. The highest BCUT2D eigenvalue weighted by Gasteiger charge is 2.47. The molecule has 1 aliphatic rings. The first-order chi connectivity index (χ1) is 34.9. The number of nitrogens with two attached hydrogens (primary N) is 2. The summed E-state index contributed by atoms with van der Waals surface area (Å²) in [6.07, 6.45) is -0.291. The van der Waals surface area contributed by atoms with Gasteiger partial charge in [-0.2, -0.15) is 0 Å². The van der Waals surface area contributed by atoms with E-state index in [1.54, 1.807) is 38.1 Å². The molecule has 3 rings (SSSR count). The van der Waals surface area contributed by atoms with E-state index in [0.717, 1.165) is 11.1 Å². The molecule has 75 heavy (non-hydrogen) atoms. The lowest BCUT2D eigenvalue weighted by atomic mass is 9.91. The molecule has 416 valence electrons. The Bertz CT molecular complexity index is 2320. The Labute approximate surface area is 447 Å². The number of carbonyl (C=O) groups excluding carboxylic acids is 7. The SMILES string of the molecule is CCC(C)OCC(C)(COC(=O)C(C)(C)OCC(C)(COC(C)(C)C(=O)OCC(C)(COC(C)C)C(=O)OCc1ccc(CSC(=N)N)cc1)C(=O)ON1C(=O)CCC1=O)C(=O)OCc1ccc(CSC(=N)N)cc1. The fourth-order valence-electron chi connectivity index (χ4n) is 6.15. The molecule has 6 N–H and O–H groups in total. The predicted octanol–water partition coefficient (Wildman–Crippen LogP) is 6.27. The first-order valence-electron chi connectivity index (χ1n) is 24.3. The summed E-state index contributed by atoms with van der Waals surface area (Å²) in [5.74, 6) is -5.01. The molecule has 0 saturated carbocycles. The third-order valence-electron chi connectivity index (χ3n) is 11.8. The molecule has 0 spiro atoms. The number of esters is 4. The van der Waals surface area contributed by atoms with Crippen LogP contribution in [0.5, 0.6) is 0 Å². The van der Waals surface area contributed by atoms with Gasteiger partial charge < -0.3 is 54.2 Å². The highest BCUT2D eigenvalue weighted by molar-refractivity contribution is 8.13. The molecule has 0 bridgehead atoms. The van der Waals surface area contributed by atoms with Crippen molar-refractivity contribution in [3.05, 3.63) is 70.8 Å². The topological polar surface area (TPSA) is 306 Å². The third kappa shape index (κ3) is 20.5. The zero-order valence-electron chi connectivity index (χ0n) is 44.9. The largest absolute Gasteiger partial charge is 0.462 e. The maximum absolute atomic E-state index is 14.0. The average molecular weight is 1090 g/mol. The molecule has 0 radical (unpaired) electrons. The van der Waals surface area contributed by atoms with Crippen LogP contribution in [0.4, 0.5) is 0 Å². The van der Waals surface area contributed by atoms with E-state index >= 15 is 0 Å². The number of amidine groups is 2. The fraction of sp³-hybridized carbons (Fsp3) is 0.596. The maximum Gasteiger partial charge on any atom is 0.343 e. The zero-order valence-corrected chi connectivity index (χ0v) is 46.5. The summed E-state index contributed by atoms with van der Waals surface area (Å²) in [6, 6.07) is 14.4. The normalized spacial score (nSPS) is 15.8. The Balaban J connectivity index is 1.75. The first kappa shape index (κ1) is 63.7. The summed E-state index contributed by atoms with van der Waals surface area (Å²) in [5.41, 5.74) is 5.55. The molecule has 4 unspecified atom stereocenters. The molecule has 2 aromatic rings. The number of benzene rings is 2. The van der Waals surface area contributed by atoms with Gasteiger partial charge in [0.2, 0.25) is 0 Å². The van der Waals surface area contributed by atoms with E-state index in [9.17, 15) is 33.6 Å². The number of imide groups is 1. The van der Waals surface area contributed by atoms with Gasteiger partial charge >= 0.3 is 29.8 Å². The van der Waals surface area contributed by atoms with E-state index in [1.165, 1.54) is 72.0 Å². The summed E-state index contributed by atoms with van der Waals surface area (Å²) < 4.78 is 46.5. The van der Waals surface area contributed by atoms with Crippen molar-refractivity contribution < 1.29 is 76.3 Å². The first-order valence-corrected chi connectivity index (χ1v) is 26.3. The van der Waals surface area contributed by atoms with E-state index in [0.29, 0.717) is 34.1 Å². The molecule has 0 aliphatic carbocycles. The monoisotopic (exact) mass is 1090 g/mol. The van der Waals surface area contributed by atoms with Crippen LogP contribution in [-0.4, -0.2) is 120 Å². The van der Waals surface area contributed by atoms with Gasteiger partial charge in [0.25, 0.3) is 11.8 Å². The Morgan fingerprint density at radius 3 is 1.27 bits per heavy atom. The molecule has 4 atom stereocenters. The van der Waals surface area contributed by atoms with Crippen LogP contribution in [0.3, 0.4) is 0 Å². The van der Waals surface area contributed by atoms with Crippen LogP contribution < -0.4 is 11.5 Å². The number of rotatable bonds is 31. The smallest absolute Gasteiger partial charge is 0.343 e. The number of carbonyl (C=O) groups is 7. The highest BCUT2D eigenvalue weighted by Crippen LogP contribution is 2.31. The Morgan fingerprint density at radius 2 is 0.907 bits per heavy atom. The predicted molar refractivity (Wildman–Crippen MR) is 279 cm³/mol. The molecule has 0 aromatic heterocycles. The van der Waals surface area contributed by atoms with E-state index in [4.69, 9.17) is 65.0 Å². The van der Waals surface area contributed by atoms with Gasteiger partial charge in [-0.15, -0.1) is 5.06 Å². The lowest BCUT2D eigenvalue weighted by molar-refractivity contribution is -0.216. The number of amides is 2. The Morgan fingerprint density at radius 1 is 0.547 bits per heavy atom. The number of hydrogen-bond acceptors (Lipinski definition) is 20. The van der Waals surface area contributed by atoms with E-state index in [-0.39, 0.29) is 61.8 Å². The molecular weight excluding hydrogens is 1010 g/mol. The average Bonchev–Trinajstić information content (AvgIpc) is 3.69. The van der Waals surface area contributed by atoms with Gasteiger partial charge in [0.1, 0.15) is 42.7 Å². The number of ether oxygens (including phenoxy) is 8. The summed E-state index contributed by atoms with van der Waals surface area (Å²) in [5, 5.41) is 15.2. The maximum atomic E-state index is 14.0. The van der Waals surface area contributed by atoms with Gasteiger partial charge in [-0.05, 0) is 97.9 Å². The van der Waals surface area contributed by atoms with Crippen LogP contribution in [-0.2, 0) is 101 Å². The second-order valence-electron chi connectivity index (χ2n) is 20.4. The number of hydroxylamine groups is 2. The van der Waals surface area contributed by atoms with Gasteiger partial charge in [0.05, 0.1) is 38.6 Å². The second-order valence-corrected chi connectivity index (χ2v) is 22.4. The third-order valence-corrected chi connectivity index (χ3v) is 13.3. The Kier molecular flexibility index (Phi) is 24.2. The van der Waals surface area contributed by atoms with E-state index < -0.39 is 95.5 Å². The Hall–Kier alpha value is -5.59. The number of nitrogens with one attached hydrogen (secondary N) is 2. The zero-order chi connectivity index (χ0) is 56.4. The standard InChI is InChI=1S/C52H75N5O16S2/c1-12-34(4)68-28-51(10,44(63)66-24-36-15-19-38(20-16-36)26-75-47(55)56)30-70-42(61)49(7,8)72-32-52(11,45(64)73-57-39(58)21-22-40(57)59)31-71-48(5,6)41(60)69-29-50(9,27-67-33(2)3)43(62)65-23-35-13-17-37(18-14-35)25-74-46(53)54/h13-20,33-34H,12,21-32H2,1-11H3,(H3,53,54)(H3,55,56). The minimum atomic E-state index is -1.93. The molecule has 1 heterocycles. The lowest BCUT2D eigenvalue weighted by Crippen LogP contribution is -2.50. The highest BCUT2D eigenvalue weighted by atomic mass is 32.2. The van der Waals surface area contributed by atoms with Crippen molar-refractivity contribution in [1.29, 1.82) is 10.8 Å². The van der Waals surface area contributed by atoms with Gasteiger partial charge in [-0.1, -0.05) is 79.0 Å². The number of nitrogens with zero attached hydrogens (tertiary/aromatic N) is 1. The van der Waals surface area contributed by atoms with E-state index in [1.807, 2.05) is 38.1 Å².